The number of aromatic nitrogens is 1. The highest BCUT2D eigenvalue weighted by Crippen LogP contribution is 2.47. The first-order valence-electron chi connectivity index (χ1n) is 14.5. The van der Waals surface area contributed by atoms with Gasteiger partial charge < -0.3 is 14.6 Å². The van der Waals surface area contributed by atoms with Crippen LogP contribution in [0.15, 0.2) is 48.7 Å². The molecule has 0 saturated heterocycles. The fraction of sp³-hybridized carbons (Fsp3) is 0.441. The Kier molecular flexibility index (Phi) is 9.67. The van der Waals surface area contributed by atoms with Gasteiger partial charge in [0.25, 0.3) is 0 Å². The zero-order valence-corrected chi connectivity index (χ0v) is 25.5. The summed E-state index contributed by atoms with van der Waals surface area (Å²) in [4.78, 5) is 31.6. The summed E-state index contributed by atoms with van der Waals surface area (Å²) in [5.74, 6) is -1.55. The van der Waals surface area contributed by atoms with Crippen LogP contribution < -0.4 is 9.47 Å². The van der Waals surface area contributed by atoms with Gasteiger partial charge in [-0.05, 0) is 99.7 Å². The highest BCUT2D eigenvalue weighted by Gasteiger charge is 2.38. The van der Waals surface area contributed by atoms with Crippen molar-refractivity contribution in [1.82, 2.24) is 9.88 Å². The molecule has 2 unspecified atom stereocenters. The first kappa shape index (κ1) is 31.2. The van der Waals surface area contributed by atoms with Crippen LogP contribution in [0.5, 0.6) is 11.6 Å². The van der Waals surface area contributed by atoms with Crippen molar-refractivity contribution in [3.63, 3.8) is 0 Å². The third kappa shape index (κ3) is 6.98. The van der Waals surface area contributed by atoms with Crippen LogP contribution in [0.1, 0.15) is 80.4 Å². The van der Waals surface area contributed by atoms with E-state index in [2.05, 4.69) is 37.6 Å². The number of hydrogen-bond acceptors (Lipinski definition) is 6. The van der Waals surface area contributed by atoms with E-state index in [1.165, 1.54) is 7.11 Å². The fourth-order valence-corrected chi connectivity index (χ4v) is 5.78. The Hall–Kier alpha value is -3.78. The van der Waals surface area contributed by atoms with E-state index in [0.29, 0.717) is 46.3 Å². The van der Waals surface area contributed by atoms with Crippen LogP contribution in [0, 0.1) is 24.6 Å². The van der Waals surface area contributed by atoms with Crippen LogP contribution in [0.2, 0.25) is 0 Å². The summed E-state index contributed by atoms with van der Waals surface area (Å²) in [6.07, 6.45) is 3.13. The van der Waals surface area contributed by atoms with Crippen molar-refractivity contribution in [2.75, 3.05) is 7.11 Å². The molecular weight excluding hydrogens is 535 g/mol. The molecule has 1 aromatic heterocycles. The van der Waals surface area contributed by atoms with Gasteiger partial charge in [-0.3, -0.25) is 9.69 Å². The number of ether oxygens (including phenoxy) is 2. The SMILES string of the molecule is COc1cc(-c2cc(C)c(C(=O)Oc3cccc(C(C4CC4)C(C)C(=O)O)c3)cc2CN(C(C)C)C(C)C)c(F)cn1. The number of halogens is 1. The van der Waals surface area contributed by atoms with Crippen LogP contribution in [-0.4, -0.2) is 46.1 Å². The fourth-order valence-electron chi connectivity index (χ4n) is 5.78. The lowest BCUT2D eigenvalue weighted by Crippen LogP contribution is -2.36. The second kappa shape index (κ2) is 13.0. The molecule has 8 heteroatoms. The lowest BCUT2D eigenvalue weighted by Gasteiger charge is -2.31. The quantitative estimate of drug-likeness (QED) is 0.179. The number of aliphatic carboxylic acids is 1. The van der Waals surface area contributed by atoms with Crippen LogP contribution in [0.4, 0.5) is 4.39 Å². The van der Waals surface area contributed by atoms with Gasteiger partial charge in [0.1, 0.15) is 11.6 Å². The number of esters is 1. The first-order chi connectivity index (χ1) is 19.9. The number of carbonyl (C=O) groups is 2. The minimum absolute atomic E-state index is 0.140. The van der Waals surface area contributed by atoms with E-state index in [1.807, 2.05) is 12.1 Å². The van der Waals surface area contributed by atoms with E-state index in [-0.39, 0.29) is 18.0 Å². The minimum atomic E-state index is -0.836. The predicted molar refractivity (Wildman–Crippen MR) is 160 cm³/mol. The maximum atomic E-state index is 15.1. The molecule has 1 saturated carbocycles. The van der Waals surface area contributed by atoms with E-state index in [9.17, 15) is 14.7 Å². The van der Waals surface area contributed by atoms with Gasteiger partial charge in [-0.15, -0.1) is 0 Å². The third-order valence-corrected chi connectivity index (χ3v) is 8.19. The summed E-state index contributed by atoms with van der Waals surface area (Å²) >= 11 is 0. The standard InChI is InChI=1S/C34H41FN2O5/c1-19(2)37(20(3)4)18-25-15-27(21(5)13-28(25)29-16-31(41-7)36-17-30(29)35)34(40)42-26-10-8-9-24(14-26)32(23-11-12-23)22(6)33(38)39/h8-10,13-17,19-20,22-23,32H,11-12,18H2,1-7H3,(H,38,39). The molecule has 0 radical (unpaired) electrons. The van der Waals surface area contributed by atoms with Gasteiger partial charge in [-0.25, -0.2) is 14.2 Å². The predicted octanol–water partition coefficient (Wildman–Crippen LogP) is 7.26. The second-order valence-corrected chi connectivity index (χ2v) is 11.8. The molecular formula is C34H41FN2O5. The molecule has 1 aliphatic carbocycles. The topological polar surface area (TPSA) is 89.0 Å². The summed E-state index contributed by atoms with van der Waals surface area (Å²) in [6, 6.07) is 12.8. The summed E-state index contributed by atoms with van der Waals surface area (Å²) in [7, 11) is 1.48. The number of hydrogen-bond donors (Lipinski definition) is 1. The van der Waals surface area contributed by atoms with Gasteiger partial charge in [0.05, 0.1) is 24.8 Å². The van der Waals surface area contributed by atoms with E-state index >= 15 is 4.39 Å². The minimum Gasteiger partial charge on any atom is -0.481 e. The molecule has 2 atom stereocenters. The number of methoxy groups -OCH3 is 1. The van der Waals surface area contributed by atoms with Crippen LogP contribution in [0.3, 0.4) is 0 Å². The molecule has 1 aliphatic rings. The Morgan fingerprint density at radius 2 is 1.74 bits per heavy atom. The molecule has 1 fully saturated rings. The van der Waals surface area contributed by atoms with Crippen LogP contribution >= 0.6 is 0 Å². The monoisotopic (exact) mass is 576 g/mol. The first-order valence-corrected chi connectivity index (χ1v) is 14.5. The Morgan fingerprint density at radius 1 is 1.05 bits per heavy atom. The average Bonchev–Trinajstić information content (AvgIpc) is 3.77. The van der Waals surface area contributed by atoms with Gasteiger partial charge in [0, 0.05) is 30.3 Å². The van der Waals surface area contributed by atoms with Crippen molar-refractivity contribution >= 4 is 11.9 Å². The van der Waals surface area contributed by atoms with Crippen molar-refractivity contribution in [1.29, 1.82) is 0 Å². The molecule has 0 bridgehead atoms. The third-order valence-electron chi connectivity index (χ3n) is 8.19. The van der Waals surface area contributed by atoms with Crippen molar-refractivity contribution in [2.45, 2.75) is 78.9 Å². The van der Waals surface area contributed by atoms with Crippen molar-refractivity contribution < 1.29 is 28.6 Å². The van der Waals surface area contributed by atoms with Crippen molar-refractivity contribution in [3.8, 4) is 22.8 Å². The van der Waals surface area contributed by atoms with Gasteiger partial charge >= 0.3 is 11.9 Å². The molecule has 3 aromatic rings. The number of pyridine rings is 1. The van der Waals surface area contributed by atoms with Gasteiger partial charge in [-0.2, -0.15) is 0 Å². The number of carboxylic acids is 1. The lowest BCUT2D eigenvalue weighted by atomic mass is 9.83. The molecule has 4 rings (SSSR count). The maximum absolute atomic E-state index is 15.1. The average molecular weight is 577 g/mol. The van der Waals surface area contributed by atoms with Gasteiger partial charge in [-0.1, -0.05) is 25.1 Å². The Labute approximate surface area is 247 Å². The smallest absolute Gasteiger partial charge is 0.343 e. The zero-order valence-electron chi connectivity index (χ0n) is 25.5. The Balaban J connectivity index is 1.72. The highest BCUT2D eigenvalue weighted by molar-refractivity contribution is 5.94. The Bertz CT molecular complexity index is 1440. The molecule has 1 N–H and O–H groups in total. The molecule has 1 heterocycles. The second-order valence-electron chi connectivity index (χ2n) is 11.8. The van der Waals surface area contributed by atoms with E-state index in [0.717, 1.165) is 30.2 Å². The van der Waals surface area contributed by atoms with E-state index in [1.54, 1.807) is 44.2 Å². The number of aryl methyl sites for hydroxylation is 1. The Morgan fingerprint density at radius 3 is 2.33 bits per heavy atom. The highest BCUT2D eigenvalue weighted by atomic mass is 19.1. The molecule has 2 aromatic carbocycles. The van der Waals surface area contributed by atoms with Crippen LogP contribution in [-0.2, 0) is 11.3 Å². The summed E-state index contributed by atoms with van der Waals surface area (Å²) in [5.41, 5.74) is 3.66. The van der Waals surface area contributed by atoms with Gasteiger partial charge in [0.2, 0.25) is 5.88 Å². The number of carboxylic acid groups (broad SMARTS) is 1. The zero-order chi connectivity index (χ0) is 30.7. The molecule has 0 aliphatic heterocycles. The molecule has 224 valence electrons. The molecule has 0 spiro atoms. The number of nitrogens with zero attached hydrogens (tertiary/aromatic N) is 2. The number of carbonyl (C=O) groups excluding carboxylic acids is 1. The normalized spacial score (nSPS) is 14.7. The van der Waals surface area contributed by atoms with Crippen molar-refractivity contribution in [2.24, 2.45) is 11.8 Å². The number of benzene rings is 2. The maximum Gasteiger partial charge on any atom is 0.343 e. The van der Waals surface area contributed by atoms with Gasteiger partial charge in [0.15, 0.2) is 0 Å². The number of rotatable bonds is 12. The van der Waals surface area contributed by atoms with E-state index in [4.69, 9.17) is 9.47 Å². The molecule has 7 nitrogen and oxygen atoms in total. The van der Waals surface area contributed by atoms with Crippen LogP contribution in [0.25, 0.3) is 11.1 Å². The van der Waals surface area contributed by atoms with E-state index < -0.39 is 23.7 Å². The summed E-state index contributed by atoms with van der Waals surface area (Å²) in [6.45, 7) is 12.4. The molecule has 42 heavy (non-hydrogen) atoms. The largest absolute Gasteiger partial charge is 0.481 e. The summed E-state index contributed by atoms with van der Waals surface area (Å²) < 4.78 is 26.2. The molecule has 0 amide bonds. The lowest BCUT2D eigenvalue weighted by molar-refractivity contribution is -0.142. The summed E-state index contributed by atoms with van der Waals surface area (Å²) in [5, 5.41) is 9.67. The van der Waals surface area contributed by atoms with Crippen molar-refractivity contribution in [3.05, 3.63) is 76.7 Å².